The van der Waals surface area contributed by atoms with Crippen LogP contribution >= 0.6 is 0 Å². The van der Waals surface area contributed by atoms with Crippen LogP contribution in [0.3, 0.4) is 0 Å². The van der Waals surface area contributed by atoms with E-state index in [1.807, 2.05) is 0 Å². The average Bonchev–Trinajstić information content (AvgIpc) is 2.95. The quantitative estimate of drug-likeness (QED) is 0.861. The average molecular weight is 339 g/mol. The van der Waals surface area contributed by atoms with Gasteiger partial charge in [-0.05, 0) is 18.2 Å². The smallest absolute Gasteiger partial charge is 0.471 e. The number of hydrogen-bond acceptors (Lipinski definition) is 6. The summed E-state index contributed by atoms with van der Waals surface area (Å²) in [5, 5.41) is 10.2. The van der Waals surface area contributed by atoms with E-state index in [1.54, 1.807) is 35.9 Å². The van der Waals surface area contributed by atoms with Gasteiger partial charge in [0.15, 0.2) is 0 Å². The topological polar surface area (TPSA) is 78.9 Å². The standard InChI is InChI=1S/C14H12F3N5O2/c1-24-9-4-8(5-18-6-9)10-2-3-12-19-11(7-22(12)21-10)20-13(23)14(15,16)17/h2-7,12,19H,1H3,(H,20,23). The van der Waals surface area contributed by atoms with E-state index in [-0.39, 0.29) is 5.82 Å². The highest BCUT2D eigenvalue weighted by atomic mass is 19.4. The van der Waals surface area contributed by atoms with Gasteiger partial charge < -0.3 is 15.4 Å². The number of carbonyl (C=O) groups is 1. The largest absolute Gasteiger partial charge is 0.495 e. The first-order valence-corrected chi connectivity index (χ1v) is 6.78. The van der Waals surface area contributed by atoms with Crippen molar-refractivity contribution < 1.29 is 22.7 Å². The number of pyridine rings is 1. The van der Waals surface area contributed by atoms with E-state index in [4.69, 9.17) is 4.74 Å². The van der Waals surface area contributed by atoms with Crippen LogP contribution in [0, 0.1) is 0 Å². The second-order valence-corrected chi connectivity index (χ2v) is 4.92. The number of alkyl halides is 3. The third kappa shape index (κ3) is 3.16. The molecule has 3 heterocycles. The van der Waals surface area contributed by atoms with Gasteiger partial charge in [-0.3, -0.25) is 9.78 Å². The highest BCUT2D eigenvalue weighted by Crippen LogP contribution is 2.21. The maximum absolute atomic E-state index is 12.3. The molecule has 126 valence electrons. The molecule has 2 aliphatic rings. The van der Waals surface area contributed by atoms with Crippen LogP contribution in [0.25, 0.3) is 0 Å². The van der Waals surface area contributed by atoms with Crippen molar-refractivity contribution in [2.75, 3.05) is 7.11 Å². The molecule has 1 aromatic rings. The lowest BCUT2D eigenvalue weighted by molar-refractivity contribution is -0.172. The number of methoxy groups -OCH3 is 1. The highest BCUT2D eigenvalue weighted by Gasteiger charge is 2.40. The molecule has 0 spiro atoms. The van der Waals surface area contributed by atoms with Crippen molar-refractivity contribution in [2.24, 2.45) is 5.10 Å². The molecule has 1 amide bonds. The number of fused-ring (bicyclic) bond motifs is 1. The van der Waals surface area contributed by atoms with Gasteiger partial charge in [0, 0.05) is 11.8 Å². The lowest BCUT2D eigenvalue weighted by Crippen LogP contribution is -2.41. The maximum Gasteiger partial charge on any atom is 0.471 e. The Labute approximate surface area is 134 Å². The lowest BCUT2D eigenvalue weighted by atomic mass is 10.1. The van der Waals surface area contributed by atoms with Crippen LogP contribution in [-0.2, 0) is 4.79 Å². The Bertz CT molecular complexity index is 757. The Kier molecular flexibility index (Phi) is 3.87. The highest BCUT2D eigenvalue weighted by molar-refractivity contribution is 6.09. The van der Waals surface area contributed by atoms with Gasteiger partial charge in [0.05, 0.1) is 25.2 Å². The maximum atomic E-state index is 12.3. The van der Waals surface area contributed by atoms with E-state index in [0.717, 1.165) is 0 Å². The van der Waals surface area contributed by atoms with Crippen LogP contribution in [0.4, 0.5) is 13.2 Å². The molecular formula is C14H12F3N5O2. The molecule has 0 fully saturated rings. The minimum Gasteiger partial charge on any atom is -0.495 e. The molecule has 2 N–H and O–H groups in total. The van der Waals surface area contributed by atoms with Crippen LogP contribution in [0.1, 0.15) is 5.56 Å². The molecule has 1 aromatic heterocycles. The SMILES string of the molecule is COc1cncc(C2=NN3C=C(NC(=O)C(F)(F)F)NC3C=C2)c1. The van der Waals surface area contributed by atoms with Crippen molar-refractivity contribution in [1.29, 1.82) is 0 Å². The van der Waals surface area contributed by atoms with Crippen LogP contribution in [0.5, 0.6) is 5.75 Å². The number of halogens is 3. The van der Waals surface area contributed by atoms with Crippen molar-refractivity contribution in [3.05, 3.63) is 48.2 Å². The molecule has 0 radical (unpaired) electrons. The summed E-state index contributed by atoms with van der Waals surface area (Å²) < 4.78 is 42.0. The number of allylic oxidation sites excluding steroid dienone is 1. The molecular weight excluding hydrogens is 327 g/mol. The number of hydrogen-bond donors (Lipinski definition) is 2. The number of nitrogens with zero attached hydrogens (tertiary/aromatic N) is 3. The Morgan fingerprint density at radius 1 is 1.42 bits per heavy atom. The van der Waals surface area contributed by atoms with Gasteiger partial charge in [0.1, 0.15) is 17.7 Å². The molecule has 0 aliphatic carbocycles. The summed E-state index contributed by atoms with van der Waals surface area (Å²) in [5.74, 6) is -1.58. The van der Waals surface area contributed by atoms with Gasteiger partial charge in [-0.2, -0.15) is 18.3 Å². The Morgan fingerprint density at radius 3 is 2.92 bits per heavy atom. The van der Waals surface area contributed by atoms with Gasteiger partial charge in [-0.15, -0.1) is 0 Å². The molecule has 0 saturated carbocycles. The molecule has 10 heteroatoms. The van der Waals surface area contributed by atoms with E-state index < -0.39 is 18.2 Å². The minimum atomic E-state index is -4.96. The van der Waals surface area contributed by atoms with Crippen LogP contribution in [-0.4, -0.2) is 41.1 Å². The zero-order valence-corrected chi connectivity index (χ0v) is 12.3. The number of rotatable bonds is 3. The molecule has 0 bridgehead atoms. The van der Waals surface area contributed by atoms with Crippen LogP contribution < -0.4 is 15.4 Å². The molecule has 3 rings (SSSR count). The van der Waals surface area contributed by atoms with Gasteiger partial charge in [-0.1, -0.05) is 0 Å². The van der Waals surface area contributed by atoms with E-state index in [1.165, 1.54) is 18.3 Å². The molecule has 1 unspecified atom stereocenters. The van der Waals surface area contributed by atoms with E-state index in [9.17, 15) is 18.0 Å². The van der Waals surface area contributed by atoms with Crippen molar-refractivity contribution in [1.82, 2.24) is 20.6 Å². The molecule has 24 heavy (non-hydrogen) atoms. The second-order valence-electron chi connectivity index (χ2n) is 4.92. The predicted octanol–water partition coefficient (Wildman–Crippen LogP) is 1.07. The van der Waals surface area contributed by atoms with Crippen LogP contribution in [0.15, 0.2) is 47.7 Å². The van der Waals surface area contributed by atoms with Crippen molar-refractivity contribution in [3.63, 3.8) is 0 Å². The van der Waals surface area contributed by atoms with E-state index in [2.05, 4.69) is 15.4 Å². The summed E-state index contributed by atoms with van der Waals surface area (Å²) in [7, 11) is 1.51. The van der Waals surface area contributed by atoms with Crippen molar-refractivity contribution >= 4 is 11.6 Å². The van der Waals surface area contributed by atoms with Crippen molar-refractivity contribution in [2.45, 2.75) is 12.3 Å². The summed E-state index contributed by atoms with van der Waals surface area (Å²) in [6.45, 7) is 0. The number of hydrazone groups is 1. The number of carbonyl (C=O) groups excluding carboxylic acids is 1. The summed E-state index contributed by atoms with van der Waals surface area (Å²) >= 11 is 0. The summed E-state index contributed by atoms with van der Waals surface area (Å²) in [4.78, 5) is 15.0. The minimum absolute atomic E-state index is 0.0826. The Hall–Kier alpha value is -3.04. The fourth-order valence-electron chi connectivity index (χ4n) is 2.13. The predicted molar refractivity (Wildman–Crippen MR) is 77.5 cm³/mol. The molecule has 2 aliphatic heterocycles. The number of aromatic nitrogens is 1. The Balaban J connectivity index is 1.78. The third-order valence-corrected chi connectivity index (χ3v) is 3.26. The summed E-state index contributed by atoms with van der Waals surface area (Å²) in [6, 6.07) is 1.73. The number of ether oxygens (including phenoxy) is 1. The van der Waals surface area contributed by atoms with Gasteiger partial charge in [0.2, 0.25) is 0 Å². The Morgan fingerprint density at radius 2 is 2.21 bits per heavy atom. The fraction of sp³-hybridized carbons (Fsp3) is 0.214. The molecule has 0 saturated heterocycles. The normalized spacial score (nSPS) is 19.2. The van der Waals surface area contributed by atoms with Gasteiger partial charge in [-0.25, -0.2) is 5.01 Å². The zero-order chi connectivity index (χ0) is 17.3. The number of amides is 1. The van der Waals surface area contributed by atoms with Gasteiger partial charge >= 0.3 is 12.1 Å². The first-order chi connectivity index (χ1) is 11.4. The summed E-state index contributed by atoms with van der Waals surface area (Å²) in [6.07, 6.45) is 2.38. The van der Waals surface area contributed by atoms with E-state index >= 15 is 0 Å². The summed E-state index contributed by atoms with van der Waals surface area (Å²) in [5.41, 5.74) is 1.24. The number of nitrogens with one attached hydrogen (secondary N) is 2. The monoisotopic (exact) mass is 339 g/mol. The third-order valence-electron chi connectivity index (χ3n) is 3.26. The molecule has 1 atom stereocenters. The molecule has 7 nitrogen and oxygen atoms in total. The first-order valence-electron chi connectivity index (χ1n) is 6.78. The van der Waals surface area contributed by atoms with E-state index in [0.29, 0.717) is 17.0 Å². The fourth-order valence-corrected chi connectivity index (χ4v) is 2.13. The lowest BCUT2D eigenvalue weighted by Gasteiger charge is -2.22. The van der Waals surface area contributed by atoms with Crippen LogP contribution in [0.2, 0.25) is 0 Å². The van der Waals surface area contributed by atoms with Gasteiger partial charge in [0.25, 0.3) is 0 Å². The first kappa shape index (κ1) is 15.8. The molecule has 0 aromatic carbocycles. The van der Waals surface area contributed by atoms with Crippen molar-refractivity contribution in [3.8, 4) is 5.75 Å². The zero-order valence-electron chi connectivity index (χ0n) is 12.3. The second kappa shape index (κ2) is 5.87.